The van der Waals surface area contributed by atoms with Crippen LogP contribution in [0.4, 0.5) is 0 Å². The van der Waals surface area contributed by atoms with Gasteiger partial charge in [-0.25, -0.2) is 9.59 Å². The summed E-state index contributed by atoms with van der Waals surface area (Å²) in [5, 5.41) is 32.8. The van der Waals surface area contributed by atoms with Crippen molar-refractivity contribution in [2.75, 3.05) is 0 Å². The Morgan fingerprint density at radius 2 is 1.00 bits per heavy atom. The first-order valence-corrected chi connectivity index (χ1v) is 5.83. The zero-order valence-corrected chi connectivity index (χ0v) is 11.4. The molecule has 0 aromatic carbocycles. The molecule has 0 aliphatic carbocycles. The lowest BCUT2D eigenvalue weighted by Crippen LogP contribution is -2.02. The van der Waals surface area contributed by atoms with Crippen molar-refractivity contribution in [3.05, 3.63) is 24.3 Å². The van der Waals surface area contributed by atoms with Crippen molar-refractivity contribution in [3.8, 4) is 0 Å². The molecule has 0 aromatic rings. The van der Waals surface area contributed by atoms with E-state index < -0.39 is 23.9 Å². The van der Waals surface area contributed by atoms with Gasteiger partial charge < -0.3 is 20.4 Å². The molecule has 0 aliphatic rings. The Morgan fingerprint density at radius 1 is 0.619 bits per heavy atom. The molecule has 8 heteroatoms. The van der Waals surface area contributed by atoms with Crippen molar-refractivity contribution in [2.45, 2.75) is 32.1 Å². The minimum absolute atomic E-state index is 0.00463. The van der Waals surface area contributed by atoms with Gasteiger partial charge in [-0.3, -0.25) is 9.59 Å². The van der Waals surface area contributed by atoms with Crippen molar-refractivity contribution >= 4 is 23.9 Å². The van der Waals surface area contributed by atoms with Gasteiger partial charge in [-0.15, -0.1) is 0 Å². The van der Waals surface area contributed by atoms with Crippen LogP contribution < -0.4 is 0 Å². The van der Waals surface area contributed by atoms with E-state index in [1.165, 1.54) is 0 Å². The first-order valence-electron chi connectivity index (χ1n) is 5.83. The Hall–Kier alpha value is -2.64. The highest BCUT2D eigenvalue weighted by atomic mass is 16.4. The van der Waals surface area contributed by atoms with Gasteiger partial charge in [-0.2, -0.15) is 0 Å². The number of hydrogen-bond acceptors (Lipinski definition) is 4. The molecule has 0 saturated heterocycles. The molecule has 0 fully saturated rings. The van der Waals surface area contributed by atoms with Crippen molar-refractivity contribution in [3.63, 3.8) is 0 Å². The average molecular weight is 302 g/mol. The lowest BCUT2D eigenvalue weighted by molar-refractivity contribution is -0.138. The van der Waals surface area contributed by atoms with E-state index in [-0.39, 0.29) is 36.8 Å². The SMILES string of the molecule is C=C(CCC(=O)O)C(=O)O.C=C(CCCC(=O)O)C(=O)O. The molecule has 0 bridgehead atoms. The van der Waals surface area contributed by atoms with Crippen molar-refractivity contribution < 1.29 is 39.6 Å². The van der Waals surface area contributed by atoms with Crippen LogP contribution in [0, 0.1) is 0 Å². The molecule has 4 N–H and O–H groups in total. The second kappa shape index (κ2) is 11.2. The standard InChI is InChI=1S/C7H10O4.C6H8O4/c1-5(7(10)11)3-2-4-6(8)9;1-4(6(9)10)2-3-5(7)8/h1-4H2,(H,8,9)(H,10,11);1-3H2,(H,7,8)(H,9,10). The summed E-state index contributed by atoms with van der Waals surface area (Å²) in [6.45, 7) is 6.42. The van der Waals surface area contributed by atoms with E-state index in [4.69, 9.17) is 20.4 Å². The van der Waals surface area contributed by atoms with Gasteiger partial charge in [0.2, 0.25) is 0 Å². The third-order valence-electron chi connectivity index (χ3n) is 2.11. The third-order valence-corrected chi connectivity index (χ3v) is 2.11. The molecule has 0 rings (SSSR count). The van der Waals surface area contributed by atoms with Gasteiger partial charge >= 0.3 is 23.9 Å². The van der Waals surface area contributed by atoms with Crippen molar-refractivity contribution in [1.82, 2.24) is 0 Å². The van der Waals surface area contributed by atoms with E-state index in [9.17, 15) is 19.2 Å². The zero-order chi connectivity index (χ0) is 17.0. The number of hydrogen-bond donors (Lipinski definition) is 4. The van der Waals surface area contributed by atoms with E-state index in [0.717, 1.165) is 0 Å². The molecule has 118 valence electrons. The maximum atomic E-state index is 10.1. The molecule has 0 aliphatic heterocycles. The lowest BCUT2D eigenvalue weighted by Gasteiger charge is -1.96. The van der Waals surface area contributed by atoms with Crippen LogP contribution >= 0.6 is 0 Å². The van der Waals surface area contributed by atoms with Crippen molar-refractivity contribution in [2.24, 2.45) is 0 Å². The molecule has 0 saturated carbocycles. The number of rotatable bonds is 9. The smallest absolute Gasteiger partial charge is 0.330 e. The molecule has 8 nitrogen and oxygen atoms in total. The number of carboxylic acids is 4. The van der Waals surface area contributed by atoms with Gasteiger partial charge in [0.15, 0.2) is 0 Å². The molecule has 0 spiro atoms. The summed E-state index contributed by atoms with van der Waals surface area (Å²) in [7, 11) is 0. The summed E-state index contributed by atoms with van der Waals surface area (Å²) in [4.78, 5) is 40.0. The van der Waals surface area contributed by atoms with Crippen LogP contribution in [-0.2, 0) is 19.2 Å². The van der Waals surface area contributed by atoms with E-state index in [1.54, 1.807) is 0 Å². The Balaban J connectivity index is 0. The molecule has 0 amide bonds. The fourth-order valence-electron chi connectivity index (χ4n) is 0.925. The largest absolute Gasteiger partial charge is 0.481 e. The molecule has 0 heterocycles. The highest BCUT2D eigenvalue weighted by Crippen LogP contribution is 2.04. The van der Waals surface area contributed by atoms with Gasteiger partial charge in [0, 0.05) is 24.0 Å². The molecule has 0 atom stereocenters. The number of carboxylic acid groups (broad SMARTS) is 4. The monoisotopic (exact) mass is 302 g/mol. The summed E-state index contributed by atoms with van der Waals surface area (Å²) in [5.74, 6) is -4.12. The van der Waals surface area contributed by atoms with E-state index in [1.807, 2.05) is 0 Å². The van der Waals surface area contributed by atoms with Gasteiger partial charge in [0.1, 0.15) is 0 Å². The molecule has 0 radical (unpaired) electrons. The predicted octanol–water partition coefficient (Wildman–Crippen LogP) is 1.37. The molecular formula is C13H18O8. The molecule has 0 unspecified atom stereocenters. The maximum absolute atomic E-state index is 10.1. The van der Waals surface area contributed by atoms with Crippen LogP contribution in [0.1, 0.15) is 32.1 Å². The van der Waals surface area contributed by atoms with Crippen molar-refractivity contribution in [1.29, 1.82) is 0 Å². The third kappa shape index (κ3) is 15.3. The minimum atomic E-state index is -1.14. The Labute approximate surface area is 121 Å². The van der Waals surface area contributed by atoms with Crippen LogP contribution in [-0.4, -0.2) is 44.3 Å². The molecule has 0 aromatic heterocycles. The lowest BCUT2D eigenvalue weighted by atomic mass is 10.1. The van der Waals surface area contributed by atoms with Crippen LogP contribution in [0.15, 0.2) is 24.3 Å². The number of carbonyl (C=O) groups is 4. The second-order valence-corrected chi connectivity index (χ2v) is 3.96. The molecule has 21 heavy (non-hydrogen) atoms. The summed E-state index contributed by atoms with van der Waals surface area (Å²) < 4.78 is 0. The van der Waals surface area contributed by atoms with E-state index in [2.05, 4.69) is 13.2 Å². The summed E-state index contributed by atoms with van der Waals surface area (Å²) in [6.07, 6.45) is 0.393. The normalized spacial score (nSPS) is 8.95. The first kappa shape index (κ1) is 20.7. The predicted molar refractivity (Wildman–Crippen MR) is 71.9 cm³/mol. The highest BCUT2D eigenvalue weighted by molar-refractivity contribution is 5.86. The second-order valence-electron chi connectivity index (χ2n) is 3.96. The van der Waals surface area contributed by atoms with Gasteiger partial charge in [0.05, 0.1) is 0 Å². The minimum Gasteiger partial charge on any atom is -0.481 e. The summed E-state index contributed by atoms with van der Waals surface area (Å²) in [5.41, 5.74) is -0.00588. The van der Waals surface area contributed by atoms with E-state index in [0.29, 0.717) is 6.42 Å². The van der Waals surface area contributed by atoms with Crippen LogP contribution in [0.3, 0.4) is 0 Å². The highest BCUT2D eigenvalue weighted by Gasteiger charge is 2.05. The molecular weight excluding hydrogens is 284 g/mol. The fourth-order valence-corrected chi connectivity index (χ4v) is 0.925. The Kier molecular flexibility index (Phi) is 11.0. The number of aliphatic carboxylic acids is 4. The Morgan fingerprint density at radius 3 is 1.33 bits per heavy atom. The van der Waals surface area contributed by atoms with Gasteiger partial charge in [-0.05, 0) is 19.3 Å². The van der Waals surface area contributed by atoms with Crippen LogP contribution in [0.25, 0.3) is 0 Å². The first-order chi connectivity index (χ1) is 9.57. The van der Waals surface area contributed by atoms with Crippen LogP contribution in [0.2, 0.25) is 0 Å². The van der Waals surface area contributed by atoms with Gasteiger partial charge in [0.25, 0.3) is 0 Å². The average Bonchev–Trinajstić information content (AvgIpc) is 2.35. The maximum Gasteiger partial charge on any atom is 0.330 e. The summed E-state index contributed by atoms with van der Waals surface area (Å²) in [6, 6.07) is 0. The fraction of sp³-hybridized carbons (Fsp3) is 0.385. The summed E-state index contributed by atoms with van der Waals surface area (Å²) >= 11 is 0. The van der Waals surface area contributed by atoms with E-state index >= 15 is 0 Å². The zero-order valence-electron chi connectivity index (χ0n) is 11.4. The van der Waals surface area contributed by atoms with Gasteiger partial charge in [-0.1, -0.05) is 13.2 Å². The Bertz CT molecular complexity index is 435. The van der Waals surface area contributed by atoms with Crippen LogP contribution in [0.5, 0.6) is 0 Å². The quantitative estimate of drug-likeness (QED) is 0.466. The topological polar surface area (TPSA) is 149 Å².